The Hall–Kier alpha value is -1.10. The second kappa shape index (κ2) is 7.36. The van der Waals surface area contributed by atoms with Crippen molar-refractivity contribution in [3.05, 3.63) is 0 Å². The highest BCUT2D eigenvalue weighted by Gasteiger charge is 2.29. The first kappa shape index (κ1) is 16.9. The summed E-state index contributed by atoms with van der Waals surface area (Å²) in [6.45, 7) is 11.0. The zero-order valence-corrected chi connectivity index (χ0v) is 12.0. The molecule has 0 heterocycles. The van der Waals surface area contributed by atoms with E-state index in [4.69, 9.17) is 5.11 Å². The first-order chi connectivity index (χ1) is 8.18. The molecule has 0 spiro atoms. The van der Waals surface area contributed by atoms with Crippen molar-refractivity contribution in [3.63, 3.8) is 0 Å². The molecule has 0 aliphatic carbocycles. The SMILES string of the molecule is CCNCC(C)C(=O)NC(CC(=O)O)C(C)(C)C. The van der Waals surface area contributed by atoms with Gasteiger partial charge in [0.1, 0.15) is 0 Å². The molecule has 0 saturated carbocycles. The highest BCUT2D eigenvalue weighted by molar-refractivity contribution is 5.79. The topological polar surface area (TPSA) is 78.4 Å². The summed E-state index contributed by atoms with van der Waals surface area (Å²) in [5.41, 5.74) is -0.272. The average Bonchev–Trinajstić information content (AvgIpc) is 2.22. The van der Waals surface area contributed by atoms with Crippen molar-refractivity contribution in [1.29, 1.82) is 0 Å². The lowest BCUT2D eigenvalue weighted by Crippen LogP contribution is -2.48. The van der Waals surface area contributed by atoms with E-state index in [0.29, 0.717) is 6.54 Å². The fraction of sp³-hybridized carbons (Fsp3) is 0.846. The minimum absolute atomic E-state index is 0.0524. The maximum Gasteiger partial charge on any atom is 0.305 e. The van der Waals surface area contributed by atoms with Crippen LogP contribution in [0, 0.1) is 11.3 Å². The fourth-order valence-corrected chi connectivity index (χ4v) is 1.52. The van der Waals surface area contributed by atoms with Crippen LogP contribution in [0.2, 0.25) is 0 Å². The van der Waals surface area contributed by atoms with Gasteiger partial charge in [-0.25, -0.2) is 0 Å². The van der Waals surface area contributed by atoms with Gasteiger partial charge in [0.2, 0.25) is 5.91 Å². The van der Waals surface area contributed by atoms with Gasteiger partial charge in [-0.2, -0.15) is 0 Å². The molecule has 0 fully saturated rings. The van der Waals surface area contributed by atoms with Crippen LogP contribution in [-0.2, 0) is 9.59 Å². The van der Waals surface area contributed by atoms with E-state index in [1.807, 2.05) is 34.6 Å². The Morgan fingerprint density at radius 3 is 2.22 bits per heavy atom. The van der Waals surface area contributed by atoms with Gasteiger partial charge in [-0.05, 0) is 12.0 Å². The Kier molecular flexibility index (Phi) is 6.91. The minimum atomic E-state index is -0.894. The molecule has 0 saturated heterocycles. The van der Waals surface area contributed by atoms with Crippen molar-refractivity contribution in [1.82, 2.24) is 10.6 Å². The van der Waals surface area contributed by atoms with E-state index < -0.39 is 5.97 Å². The van der Waals surface area contributed by atoms with Crippen LogP contribution in [0.4, 0.5) is 0 Å². The summed E-state index contributed by atoms with van der Waals surface area (Å²) in [4.78, 5) is 22.8. The van der Waals surface area contributed by atoms with Gasteiger partial charge in [-0.3, -0.25) is 9.59 Å². The molecule has 0 rings (SSSR count). The van der Waals surface area contributed by atoms with Gasteiger partial charge < -0.3 is 15.7 Å². The van der Waals surface area contributed by atoms with Gasteiger partial charge in [-0.15, -0.1) is 0 Å². The average molecular weight is 258 g/mol. The Morgan fingerprint density at radius 2 is 1.83 bits per heavy atom. The molecule has 3 N–H and O–H groups in total. The van der Waals surface area contributed by atoms with Crippen molar-refractivity contribution < 1.29 is 14.7 Å². The summed E-state index contributed by atoms with van der Waals surface area (Å²) < 4.78 is 0. The van der Waals surface area contributed by atoms with Crippen molar-refractivity contribution in [3.8, 4) is 0 Å². The zero-order valence-electron chi connectivity index (χ0n) is 12.0. The number of amides is 1. The van der Waals surface area contributed by atoms with Crippen molar-refractivity contribution >= 4 is 11.9 Å². The van der Waals surface area contributed by atoms with E-state index in [-0.39, 0.29) is 29.7 Å². The smallest absolute Gasteiger partial charge is 0.305 e. The number of carboxylic acids is 1. The van der Waals surface area contributed by atoms with Gasteiger partial charge in [0, 0.05) is 18.5 Å². The standard InChI is InChI=1S/C13H26N2O3/c1-6-14-8-9(2)12(18)15-10(7-11(16)17)13(3,4)5/h9-10,14H,6-8H2,1-5H3,(H,15,18)(H,16,17). The van der Waals surface area contributed by atoms with E-state index in [1.165, 1.54) is 0 Å². The van der Waals surface area contributed by atoms with Gasteiger partial charge in [0.25, 0.3) is 0 Å². The summed E-state index contributed by atoms with van der Waals surface area (Å²) >= 11 is 0. The molecule has 106 valence electrons. The van der Waals surface area contributed by atoms with Crippen LogP contribution in [-0.4, -0.2) is 36.1 Å². The van der Waals surface area contributed by atoms with E-state index in [0.717, 1.165) is 6.54 Å². The molecule has 5 heteroatoms. The van der Waals surface area contributed by atoms with E-state index in [1.54, 1.807) is 0 Å². The van der Waals surface area contributed by atoms with Crippen molar-refractivity contribution in [2.75, 3.05) is 13.1 Å². The number of rotatable bonds is 7. The maximum absolute atomic E-state index is 11.9. The summed E-state index contributed by atoms with van der Waals surface area (Å²) in [5.74, 6) is -1.16. The van der Waals surface area contributed by atoms with E-state index in [2.05, 4.69) is 10.6 Å². The zero-order chi connectivity index (χ0) is 14.3. The Bertz CT molecular complexity index is 284. The van der Waals surface area contributed by atoms with Gasteiger partial charge >= 0.3 is 5.97 Å². The lowest BCUT2D eigenvalue weighted by atomic mass is 9.84. The third-order valence-corrected chi connectivity index (χ3v) is 2.89. The molecule has 1 amide bonds. The van der Waals surface area contributed by atoms with E-state index in [9.17, 15) is 9.59 Å². The second-order valence-electron chi connectivity index (χ2n) is 5.73. The van der Waals surface area contributed by atoms with Crippen LogP contribution in [0.1, 0.15) is 41.0 Å². The van der Waals surface area contributed by atoms with E-state index >= 15 is 0 Å². The predicted octanol–water partition coefficient (Wildman–Crippen LogP) is 1.24. The summed E-state index contributed by atoms with van der Waals surface area (Å²) in [7, 11) is 0. The minimum Gasteiger partial charge on any atom is -0.481 e. The number of nitrogens with one attached hydrogen (secondary N) is 2. The molecule has 0 aliphatic rings. The highest BCUT2D eigenvalue weighted by Crippen LogP contribution is 2.22. The van der Waals surface area contributed by atoms with Crippen molar-refractivity contribution in [2.45, 2.75) is 47.1 Å². The first-order valence-corrected chi connectivity index (χ1v) is 6.41. The predicted molar refractivity (Wildman–Crippen MR) is 71.3 cm³/mol. The molecule has 0 aromatic carbocycles. The highest BCUT2D eigenvalue weighted by atomic mass is 16.4. The lowest BCUT2D eigenvalue weighted by Gasteiger charge is -2.31. The van der Waals surface area contributed by atoms with Crippen LogP contribution in [0.25, 0.3) is 0 Å². The van der Waals surface area contributed by atoms with Gasteiger partial charge in [-0.1, -0.05) is 34.6 Å². The lowest BCUT2D eigenvalue weighted by molar-refractivity contribution is -0.138. The van der Waals surface area contributed by atoms with Crippen LogP contribution in [0.5, 0.6) is 0 Å². The molecule has 0 radical (unpaired) electrons. The Labute approximate surface area is 109 Å². The van der Waals surface area contributed by atoms with Crippen LogP contribution < -0.4 is 10.6 Å². The largest absolute Gasteiger partial charge is 0.481 e. The molecule has 2 atom stereocenters. The number of hydrogen-bond donors (Lipinski definition) is 3. The number of hydrogen-bond acceptors (Lipinski definition) is 3. The molecular weight excluding hydrogens is 232 g/mol. The number of carboxylic acid groups (broad SMARTS) is 1. The van der Waals surface area contributed by atoms with Gasteiger partial charge in [0.15, 0.2) is 0 Å². The maximum atomic E-state index is 11.9. The molecule has 18 heavy (non-hydrogen) atoms. The molecule has 0 aromatic heterocycles. The third-order valence-electron chi connectivity index (χ3n) is 2.89. The number of carbonyl (C=O) groups is 2. The number of carbonyl (C=O) groups excluding carboxylic acids is 1. The number of aliphatic carboxylic acids is 1. The summed E-state index contributed by atoms with van der Waals surface area (Å²) in [6.07, 6.45) is -0.0524. The second-order valence-corrected chi connectivity index (χ2v) is 5.73. The molecule has 0 bridgehead atoms. The summed E-state index contributed by atoms with van der Waals surface area (Å²) in [6, 6.07) is -0.355. The normalized spacial score (nSPS) is 14.9. The molecule has 0 aliphatic heterocycles. The quantitative estimate of drug-likeness (QED) is 0.642. The third kappa shape index (κ3) is 6.59. The Balaban J connectivity index is 4.48. The van der Waals surface area contributed by atoms with Crippen molar-refractivity contribution in [2.24, 2.45) is 11.3 Å². The molecule has 0 aromatic rings. The van der Waals surface area contributed by atoms with Crippen LogP contribution in [0.3, 0.4) is 0 Å². The summed E-state index contributed by atoms with van der Waals surface area (Å²) in [5, 5.41) is 14.8. The Morgan fingerprint density at radius 1 is 1.28 bits per heavy atom. The molecule has 2 unspecified atom stereocenters. The van der Waals surface area contributed by atoms with Gasteiger partial charge in [0.05, 0.1) is 6.42 Å². The molecular formula is C13H26N2O3. The van der Waals surface area contributed by atoms with Crippen LogP contribution in [0.15, 0.2) is 0 Å². The molecule has 5 nitrogen and oxygen atoms in total. The first-order valence-electron chi connectivity index (χ1n) is 6.41. The van der Waals surface area contributed by atoms with Crippen LogP contribution >= 0.6 is 0 Å². The monoisotopic (exact) mass is 258 g/mol. The fourth-order valence-electron chi connectivity index (χ4n) is 1.52.